The summed E-state index contributed by atoms with van der Waals surface area (Å²) < 4.78 is 0. The van der Waals surface area contributed by atoms with Crippen LogP contribution in [0.5, 0.6) is 0 Å². The average Bonchev–Trinajstić information content (AvgIpc) is 2.68. The van der Waals surface area contributed by atoms with E-state index in [9.17, 15) is 4.79 Å². The van der Waals surface area contributed by atoms with Gasteiger partial charge in [0.25, 0.3) is 0 Å². The fourth-order valence-electron chi connectivity index (χ4n) is 3.40. The summed E-state index contributed by atoms with van der Waals surface area (Å²) in [5, 5.41) is 0. The third kappa shape index (κ3) is 3.65. The van der Waals surface area contributed by atoms with Crippen LogP contribution in [-0.2, 0) is 10.3 Å². The van der Waals surface area contributed by atoms with Gasteiger partial charge in [0.15, 0.2) is 0 Å². The molecule has 2 aromatic rings. The molecule has 1 aliphatic rings. The molecule has 1 amide bonds. The smallest absolute Gasteiger partial charge is 0.227 e. The van der Waals surface area contributed by atoms with Gasteiger partial charge in [-0.1, -0.05) is 30.3 Å². The van der Waals surface area contributed by atoms with Crippen molar-refractivity contribution >= 4 is 11.9 Å². The number of rotatable bonds is 4. The first kappa shape index (κ1) is 17.4. The Morgan fingerprint density at radius 1 is 1.16 bits per heavy atom. The van der Waals surface area contributed by atoms with E-state index in [1.54, 1.807) is 12.4 Å². The van der Waals surface area contributed by atoms with E-state index in [1.807, 2.05) is 36.2 Å². The second-order valence-corrected chi connectivity index (χ2v) is 7.16. The summed E-state index contributed by atoms with van der Waals surface area (Å²) in [6.07, 6.45) is 5.39. The highest BCUT2D eigenvalue weighted by Gasteiger charge is 2.35. The van der Waals surface area contributed by atoms with Gasteiger partial charge < -0.3 is 9.80 Å². The maximum absolute atomic E-state index is 13.2. The van der Waals surface area contributed by atoms with Gasteiger partial charge >= 0.3 is 0 Å². The van der Waals surface area contributed by atoms with Gasteiger partial charge in [0, 0.05) is 32.5 Å². The standard InChI is InChI=1S/C20H26N4O/c1-20(2,17-10-5-4-6-11-17)23(3)18(25)16-9-7-14-24(15-16)19-21-12-8-13-22-19/h4-6,8,10-13,16H,7,9,14-15H2,1-3H3/t16-/m0/s1. The quantitative estimate of drug-likeness (QED) is 0.859. The third-order valence-corrected chi connectivity index (χ3v) is 5.25. The van der Waals surface area contributed by atoms with Gasteiger partial charge in [0.2, 0.25) is 11.9 Å². The van der Waals surface area contributed by atoms with Crippen LogP contribution >= 0.6 is 0 Å². The van der Waals surface area contributed by atoms with Gasteiger partial charge in [-0.05, 0) is 38.3 Å². The molecule has 0 radical (unpaired) electrons. The summed E-state index contributed by atoms with van der Waals surface area (Å²) in [6.45, 7) is 5.78. The number of carbonyl (C=O) groups is 1. The summed E-state index contributed by atoms with van der Waals surface area (Å²) in [5.41, 5.74) is 0.800. The minimum absolute atomic E-state index is 0.0226. The van der Waals surface area contributed by atoms with E-state index in [0.29, 0.717) is 12.5 Å². The molecule has 0 aliphatic carbocycles. The SMILES string of the molecule is CN(C(=O)[C@H]1CCCN(c2ncccn2)C1)C(C)(C)c1ccccc1. The first-order valence-corrected chi connectivity index (χ1v) is 8.85. The Morgan fingerprint density at radius 3 is 2.52 bits per heavy atom. The Bertz CT molecular complexity index is 702. The number of hydrogen-bond acceptors (Lipinski definition) is 4. The van der Waals surface area contributed by atoms with Crippen LogP contribution in [0.15, 0.2) is 48.8 Å². The minimum atomic E-state index is -0.343. The average molecular weight is 338 g/mol. The lowest BCUT2D eigenvalue weighted by Gasteiger charge is -2.40. The number of anilines is 1. The van der Waals surface area contributed by atoms with Crippen LogP contribution < -0.4 is 4.90 Å². The molecule has 5 heteroatoms. The lowest BCUT2D eigenvalue weighted by atomic mass is 9.89. The first-order valence-electron chi connectivity index (χ1n) is 8.85. The van der Waals surface area contributed by atoms with E-state index in [0.717, 1.165) is 24.9 Å². The van der Waals surface area contributed by atoms with Gasteiger partial charge in [-0.15, -0.1) is 0 Å². The van der Waals surface area contributed by atoms with Crippen molar-refractivity contribution in [2.75, 3.05) is 25.0 Å². The van der Waals surface area contributed by atoms with Crippen molar-refractivity contribution < 1.29 is 4.79 Å². The first-order chi connectivity index (χ1) is 12.0. The predicted octanol–water partition coefficient (Wildman–Crippen LogP) is 3.09. The molecule has 1 atom stereocenters. The molecule has 0 spiro atoms. The van der Waals surface area contributed by atoms with Crippen molar-refractivity contribution in [2.24, 2.45) is 5.92 Å². The van der Waals surface area contributed by atoms with Crippen molar-refractivity contribution in [3.05, 3.63) is 54.4 Å². The molecule has 0 bridgehead atoms. The van der Waals surface area contributed by atoms with Crippen molar-refractivity contribution in [2.45, 2.75) is 32.2 Å². The molecule has 5 nitrogen and oxygen atoms in total. The molecule has 1 saturated heterocycles. The van der Waals surface area contributed by atoms with Crippen LogP contribution in [0.3, 0.4) is 0 Å². The van der Waals surface area contributed by atoms with Crippen molar-refractivity contribution in [3.8, 4) is 0 Å². The number of nitrogens with zero attached hydrogens (tertiary/aromatic N) is 4. The number of hydrogen-bond donors (Lipinski definition) is 0. The van der Waals surface area contributed by atoms with Gasteiger partial charge in [-0.25, -0.2) is 9.97 Å². The van der Waals surface area contributed by atoms with E-state index < -0.39 is 0 Å². The highest BCUT2D eigenvalue weighted by molar-refractivity contribution is 5.80. The highest BCUT2D eigenvalue weighted by atomic mass is 16.2. The fourth-order valence-corrected chi connectivity index (χ4v) is 3.40. The van der Waals surface area contributed by atoms with Crippen LogP contribution in [0.1, 0.15) is 32.3 Å². The number of benzene rings is 1. The minimum Gasteiger partial charge on any atom is -0.340 e. The van der Waals surface area contributed by atoms with Crippen LogP contribution in [0.4, 0.5) is 5.95 Å². The summed E-state index contributed by atoms with van der Waals surface area (Å²) >= 11 is 0. The molecule has 2 heterocycles. The highest BCUT2D eigenvalue weighted by Crippen LogP contribution is 2.30. The molecule has 0 N–H and O–H groups in total. The maximum Gasteiger partial charge on any atom is 0.227 e. The Hall–Kier alpha value is -2.43. The third-order valence-electron chi connectivity index (χ3n) is 5.25. The van der Waals surface area contributed by atoms with Gasteiger partial charge in [-0.3, -0.25) is 4.79 Å². The zero-order valence-corrected chi connectivity index (χ0v) is 15.2. The van der Waals surface area contributed by atoms with Gasteiger partial charge in [0.1, 0.15) is 0 Å². The van der Waals surface area contributed by atoms with Crippen molar-refractivity contribution in [1.82, 2.24) is 14.9 Å². The van der Waals surface area contributed by atoms with E-state index in [2.05, 4.69) is 40.8 Å². The molecule has 1 aromatic carbocycles. The molecule has 0 saturated carbocycles. The van der Waals surface area contributed by atoms with Gasteiger partial charge in [0.05, 0.1) is 11.5 Å². The lowest BCUT2D eigenvalue weighted by molar-refractivity contribution is -0.139. The molecule has 1 aliphatic heterocycles. The number of piperidine rings is 1. The van der Waals surface area contributed by atoms with Gasteiger partial charge in [-0.2, -0.15) is 0 Å². The van der Waals surface area contributed by atoms with E-state index >= 15 is 0 Å². The largest absolute Gasteiger partial charge is 0.340 e. The van der Waals surface area contributed by atoms with Crippen LogP contribution in [0.25, 0.3) is 0 Å². The number of amides is 1. The lowest BCUT2D eigenvalue weighted by Crippen LogP contribution is -2.49. The molecular weight excluding hydrogens is 312 g/mol. The Morgan fingerprint density at radius 2 is 1.84 bits per heavy atom. The molecule has 3 rings (SSSR count). The molecular formula is C20H26N4O. The van der Waals surface area contributed by atoms with E-state index in [-0.39, 0.29) is 17.4 Å². The Kier molecular flexibility index (Phi) is 5.02. The summed E-state index contributed by atoms with van der Waals surface area (Å²) in [5.74, 6) is 0.880. The number of aromatic nitrogens is 2. The normalized spacial score (nSPS) is 18.0. The molecule has 1 aromatic heterocycles. The predicted molar refractivity (Wildman–Crippen MR) is 99.2 cm³/mol. The second kappa shape index (κ2) is 7.21. The molecule has 25 heavy (non-hydrogen) atoms. The van der Waals surface area contributed by atoms with Crippen molar-refractivity contribution in [1.29, 1.82) is 0 Å². The second-order valence-electron chi connectivity index (χ2n) is 7.16. The van der Waals surface area contributed by atoms with Crippen LogP contribution in [0.2, 0.25) is 0 Å². The van der Waals surface area contributed by atoms with E-state index in [1.165, 1.54) is 0 Å². The Balaban J connectivity index is 1.73. The number of carbonyl (C=O) groups excluding carboxylic acids is 1. The summed E-state index contributed by atoms with van der Waals surface area (Å²) in [6, 6.07) is 12.0. The Labute approximate surface area is 149 Å². The summed E-state index contributed by atoms with van der Waals surface area (Å²) in [4.78, 5) is 25.8. The topological polar surface area (TPSA) is 49.3 Å². The molecule has 132 valence electrons. The summed E-state index contributed by atoms with van der Waals surface area (Å²) in [7, 11) is 1.91. The van der Waals surface area contributed by atoms with Crippen LogP contribution in [-0.4, -0.2) is 40.9 Å². The van der Waals surface area contributed by atoms with Crippen molar-refractivity contribution in [3.63, 3.8) is 0 Å². The maximum atomic E-state index is 13.2. The van der Waals surface area contributed by atoms with Crippen LogP contribution in [0, 0.1) is 5.92 Å². The van der Waals surface area contributed by atoms with E-state index in [4.69, 9.17) is 0 Å². The zero-order valence-electron chi connectivity index (χ0n) is 15.2. The monoisotopic (exact) mass is 338 g/mol. The fraction of sp³-hybridized carbons (Fsp3) is 0.450. The zero-order chi connectivity index (χ0) is 17.9. The molecule has 1 fully saturated rings. The molecule has 0 unspecified atom stereocenters.